The zero-order valence-corrected chi connectivity index (χ0v) is 27.8. The lowest BCUT2D eigenvalue weighted by Gasteiger charge is -2.29. The fourth-order valence-corrected chi connectivity index (χ4v) is 7.82. The summed E-state index contributed by atoms with van der Waals surface area (Å²) in [5.41, 5.74) is 6.62. The van der Waals surface area contributed by atoms with E-state index >= 15 is 0 Å². The molecule has 2 aromatic carbocycles. The summed E-state index contributed by atoms with van der Waals surface area (Å²) in [5, 5.41) is 7.45. The van der Waals surface area contributed by atoms with Gasteiger partial charge < -0.3 is 0 Å². The molecular formula is C32H32Cl2N6O3S2. The third kappa shape index (κ3) is 7.28. The van der Waals surface area contributed by atoms with Gasteiger partial charge in [0.05, 0.1) is 26.2 Å². The van der Waals surface area contributed by atoms with E-state index in [1.54, 1.807) is 22.9 Å². The molecule has 2 aliphatic rings. The van der Waals surface area contributed by atoms with Crippen molar-refractivity contribution in [1.82, 2.24) is 29.2 Å². The zero-order valence-electron chi connectivity index (χ0n) is 24.6. The van der Waals surface area contributed by atoms with E-state index in [1.807, 2.05) is 48.3 Å². The van der Waals surface area contributed by atoms with Crippen LogP contribution in [0.25, 0.3) is 16.3 Å². The number of hydrazine groups is 1. The van der Waals surface area contributed by atoms with Gasteiger partial charge in [0, 0.05) is 48.9 Å². The molecule has 0 saturated carbocycles. The molecule has 1 amide bonds. The summed E-state index contributed by atoms with van der Waals surface area (Å²) in [6, 6.07) is 16.8. The number of aromatic nitrogens is 2. The molecule has 13 heteroatoms. The molecule has 4 heterocycles. The average molecular weight is 684 g/mol. The molecule has 4 aromatic rings. The maximum absolute atomic E-state index is 13.8. The molecule has 0 radical (unpaired) electrons. The highest BCUT2D eigenvalue weighted by molar-refractivity contribution is 7.87. The van der Waals surface area contributed by atoms with Crippen molar-refractivity contribution in [3.05, 3.63) is 91.9 Å². The van der Waals surface area contributed by atoms with E-state index in [-0.39, 0.29) is 12.2 Å². The van der Waals surface area contributed by atoms with Crippen LogP contribution in [-0.2, 0) is 16.8 Å². The van der Waals surface area contributed by atoms with Gasteiger partial charge in [-0.25, -0.2) is 9.69 Å². The molecule has 2 aromatic heterocycles. The molecule has 0 spiro atoms. The summed E-state index contributed by atoms with van der Waals surface area (Å²) < 4.78 is 31.8. The molecular weight excluding hydrogens is 651 g/mol. The lowest BCUT2D eigenvalue weighted by atomic mass is 10.1. The number of hydrogen-bond donors (Lipinski definition) is 2. The highest BCUT2D eigenvalue weighted by atomic mass is 35.5. The predicted molar refractivity (Wildman–Crippen MR) is 179 cm³/mol. The topological polar surface area (TPSA) is 99.6 Å². The van der Waals surface area contributed by atoms with Gasteiger partial charge in [0.25, 0.3) is 16.1 Å². The van der Waals surface area contributed by atoms with Crippen LogP contribution in [0.2, 0.25) is 10.0 Å². The Morgan fingerprint density at radius 1 is 0.956 bits per heavy atom. The van der Waals surface area contributed by atoms with Crippen LogP contribution in [0, 0.1) is 18.8 Å². The van der Waals surface area contributed by atoms with E-state index in [4.69, 9.17) is 28.3 Å². The Hall–Kier alpha value is -3.21. The number of piperidine rings is 1. The van der Waals surface area contributed by atoms with Crippen LogP contribution >= 0.6 is 34.5 Å². The molecule has 9 nitrogen and oxygen atoms in total. The standard InChI is InChI=1S/C32H32Cl2N6O3S2/c1-22-6-8-23(9-7-22)10-12-25-13-15-29(44-25)31-26(21-35-45(42,43)39-18-5-19-39)30(32(41)37-38-16-3-2-4-17-38)36-40(31)28-14-11-24(33)20-27(28)34/h6-9,11,13-15,20,35H,2-5,16-19,21H2,1H3,(H,37,41). The Kier molecular flexibility index (Phi) is 9.63. The number of halogens is 2. The molecule has 2 N–H and O–H groups in total. The highest BCUT2D eigenvalue weighted by Crippen LogP contribution is 2.37. The maximum Gasteiger partial charge on any atom is 0.286 e. The number of benzene rings is 2. The summed E-state index contributed by atoms with van der Waals surface area (Å²) in [6.07, 6.45) is 3.87. The van der Waals surface area contributed by atoms with Gasteiger partial charge in [-0.1, -0.05) is 59.2 Å². The van der Waals surface area contributed by atoms with E-state index in [2.05, 4.69) is 22.0 Å². The third-order valence-electron chi connectivity index (χ3n) is 7.76. The monoisotopic (exact) mass is 682 g/mol. The van der Waals surface area contributed by atoms with E-state index in [0.717, 1.165) is 59.7 Å². The number of aryl methyl sites for hydroxylation is 1. The Balaban J connectivity index is 1.45. The lowest BCUT2D eigenvalue weighted by molar-refractivity contribution is 0.0743. The number of carbonyl (C=O) groups excluding carboxylic acids is 1. The van der Waals surface area contributed by atoms with Gasteiger partial charge >= 0.3 is 0 Å². The molecule has 2 aliphatic heterocycles. The molecule has 0 unspecified atom stereocenters. The molecule has 45 heavy (non-hydrogen) atoms. The van der Waals surface area contributed by atoms with Gasteiger partial charge in [0.15, 0.2) is 5.69 Å². The second kappa shape index (κ2) is 13.6. The second-order valence-corrected chi connectivity index (χ2v) is 14.7. The van der Waals surface area contributed by atoms with Gasteiger partial charge in [0.1, 0.15) is 0 Å². The first-order valence-corrected chi connectivity index (χ1v) is 17.8. The molecule has 2 saturated heterocycles. The van der Waals surface area contributed by atoms with Crippen LogP contribution in [0.4, 0.5) is 0 Å². The quantitative estimate of drug-likeness (QED) is 0.229. The molecule has 6 rings (SSSR count). The molecule has 0 atom stereocenters. The van der Waals surface area contributed by atoms with E-state index < -0.39 is 16.1 Å². The predicted octanol–water partition coefficient (Wildman–Crippen LogP) is 5.79. The van der Waals surface area contributed by atoms with Crippen molar-refractivity contribution in [2.24, 2.45) is 0 Å². The van der Waals surface area contributed by atoms with Gasteiger partial charge in [-0.3, -0.25) is 10.2 Å². The summed E-state index contributed by atoms with van der Waals surface area (Å²) >= 11 is 14.3. The fraction of sp³-hybridized carbons (Fsp3) is 0.312. The van der Waals surface area contributed by atoms with Crippen molar-refractivity contribution in [2.75, 3.05) is 26.2 Å². The first-order valence-electron chi connectivity index (χ1n) is 14.7. The smallest absolute Gasteiger partial charge is 0.283 e. The number of nitrogens with one attached hydrogen (secondary N) is 2. The third-order valence-corrected chi connectivity index (χ3v) is 10.9. The van der Waals surface area contributed by atoms with Crippen molar-refractivity contribution in [3.63, 3.8) is 0 Å². The number of thiophene rings is 1. The fourth-order valence-electron chi connectivity index (χ4n) is 5.17. The van der Waals surface area contributed by atoms with Crippen LogP contribution in [0.3, 0.4) is 0 Å². The average Bonchev–Trinajstić information content (AvgIpc) is 3.60. The van der Waals surface area contributed by atoms with Crippen molar-refractivity contribution < 1.29 is 13.2 Å². The molecule has 0 bridgehead atoms. The number of rotatable bonds is 8. The summed E-state index contributed by atoms with van der Waals surface area (Å²) in [4.78, 5) is 15.4. The van der Waals surface area contributed by atoms with E-state index in [9.17, 15) is 13.2 Å². The van der Waals surface area contributed by atoms with Crippen LogP contribution in [0.5, 0.6) is 0 Å². The van der Waals surface area contributed by atoms with Crippen molar-refractivity contribution in [1.29, 1.82) is 0 Å². The first-order chi connectivity index (χ1) is 21.7. The number of nitrogens with zero attached hydrogens (tertiary/aromatic N) is 4. The van der Waals surface area contributed by atoms with Crippen LogP contribution in [0.1, 0.15) is 57.7 Å². The summed E-state index contributed by atoms with van der Waals surface area (Å²) in [5.74, 6) is 6.01. The number of carbonyl (C=O) groups is 1. The Bertz CT molecular complexity index is 1880. The van der Waals surface area contributed by atoms with E-state index in [0.29, 0.717) is 40.1 Å². The van der Waals surface area contributed by atoms with E-state index in [1.165, 1.54) is 15.6 Å². The van der Waals surface area contributed by atoms with Crippen molar-refractivity contribution >= 4 is 50.7 Å². The van der Waals surface area contributed by atoms with Crippen molar-refractivity contribution in [3.8, 4) is 28.1 Å². The van der Waals surface area contributed by atoms with Gasteiger partial charge in [-0.2, -0.15) is 22.5 Å². The Labute approximate surface area is 277 Å². The zero-order chi connectivity index (χ0) is 31.6. The minimum absolute atomic E-state index is 0.105. The first kappa shape index (κ1) is 31.8. The SMILES string of the molecule is Cc1ccc(C#Cc2ccc(-c3c(CNS(=O)(=O)N4CCC4)c(C(=O)NN4CCCCC4)nn3-c3ccc(Cl)cc3Cl)s2)cc1. The minimum Gasteiger partial charge on any atom is -0.283 e. The number of amides is 1. The van der Waals surface area contributed by atoms with Crippen LogP contribution < -0.4 is 10.1 Å². The Morgan fingerprint density at radius 3 is 2.40 bits per heavy atom. The van der Waals surface area contributed by atoms with Gasteiger partial charge in [-0.15, -0.1) is 11.3 Å². The minimum atomic E-state index is -3.75. The highest BCUT2D eigenvalue weighted by Gasteiger charge is 2.31. The number of hydrogen-bond acceptors (Lipinski definition) is 6. The van der Waals surface area contributed by atoms with Crippen LogP contribution in [0.15, 0.2) is 54.6 Å². The summed E-state index contributed by atoms with van der Waals surface area (Å²) in [6.45, 7) is 4.25. The Morgan fingerprint density at radius 2 is 1.71 bits per heavy atom. The lowest BCUT2D eigenvalue weighted by Crippen LogP contribution is -2.48. The maximum atomic E-state index is 13.8. The molecule has 0 aliphatic carbocycles. The summed E-state index contributed by atoms with van der Waals surface area (Å²) in [7, 11) is -3.75. The van der Waals surface area contributed by atoms with Crippen LogP contribution in [-0.4, -0.2) is 59.6 Å². The largest absolute Gasteiger partial charge is 0.286 e. The normalized spacial score (nSPS) is 15.7. The van der Waals surface area contributed by atoms with Gasteiger partial charge in [0.2, 0.25) is 0 Å². The van der Waals surface area contributed by atoms with Crippen molar-refractivity contribution in [2.45, 2.75) is 39.2 Å². The second-order valence-electron chi connectivity index (χ2n) is 11.0. The molecule has 234 valence electrons. The molecule has 2 fully saturated rings. The van der Waals surface area contributed by atoms with Gasteiger partial charge in [-0.05, 0) is 68.7 Å².